The van der Waals surface area contributed by atoms with Gasteiger partial charge in [-0.1, -0.05) is 24.0 Å². The van der Waals surface area contributed by atoms with E-state index in [-0.39, 0.29) is 0 Å². The minimum Gasteiger partial charge on any atom is -0.356 e. The zero-order chi connectivity index (χ0) is 14.7. The number of carbonyl (C=O) groups excluding carboxylic acids is 1. The first-order chi connectivity index (χ1) is 10.3. The van der Waals surface area contributed by atoms with E-state index in [0.717, 1.165) is 54.7 Å². The molecule has 116 valence electrons. The lowest BCUT2D eigenvalue weighted by Crippen LogP contribution is -2.36. The third-order valence-corrected chi connectivity index (χ3v) is 6.81. The van der Waals surface area contributed by atoms with Crippen LogP contribution < -0.4 is 0 Å². The molecule has 2 aliphatic heterocycles. The van der Waals surface area contributed by atoms with E-state index in [0.29, 0.717) is 5.91 Å². The molecule has 0 saturated carbocycles. The van der Waals surface area contributed by atoms with Crippen molar-refractivity contribution in [2.24, 2.45) is 0 Å². The summed E-state index contributed by atoms with van der Waals surface area (Å²) < 4.78 is 1.01. The van der Waals surface area contributed by atoms with E-state index in [1.54, 1.807) is 11.8 Å². The van der Waals surface area contributed by atoms with Gasteiger partial charge in [-0.25, -0.2) is 0 Å². The van der Waals surface area contributed by atoms with Crippen LogP contribution in [0.15, 0.2) is 11.1 Å². The quantitative estimate of drug-likeness (QED) is 0.734. The van der Waals surface area contributed by atoms with Gasteiger partial charge in [0.15, 0.2) is 0 Å². The lowest BCUT2D eigenvalue weighted by atomic mass is 9.94. The topological polar surface area (TPSA) is 23.6 Å². The van der Waals surface area contributed by atoms with E-state index in [9.17, 15) is 4.79 Å². The molecule has 21 heavy (non-hydrogen) atoms. The van der Waals surface area contributed by atoms with Crippen molar-refractivity contribution in [2.45, 2.75) is 25.7 Å². The summed E-state index contributed by atoms with van der Waals surface area (Å²) in [5.41, 5.74) is 2.54. The maximum atomic E-state index is 12.3. The number of thiocarbonyl (C=S) groups is 1. The standard InChI is InChI=1S/C15H22N2OS3/c18-14-13-4-2-1-3-12(13)11-17(14)7-10-21-15(19)16-5-8-20-9-6-16/h1-11H2. The van der Waals surface area contributed by atoms with E-state index < -0.39 is 0 Å². The number of amides is 1. The molecule has 1 amide bonds. The Morgan fingerprint density at radius 2 is 2.00 bits per heavy atom. The average Bonchev–Trinajstić information content (AvgIpc) is 2.85. The summed E-state index contributed by atoms with van der Waals surface area (Å²) >= 11 is 9.26. The summed E-state index contributed by atoms with van der Waals surface area (Å²) in [6.07, 6.45) is 4.58. The summed E-state index contributed by atoms with van der Waals surface area (Å²) in [4.78, 5) is 16.7. The van der Waals surface area contributed by atoms with Crippen LogP contribution in [0.25, 0.3) is 0 Å². The molecule has 0 spiro atoms. The van der Waals surface area contributed by atoms with Crippen LogP contribution in [-0.4, -0.2) is 63.5 Å². The Hall–Kier alpha value is -0.200. The number of thioether (sulfide) groups is 2. The van der Waals surface area contributed by atoms with Gasteiger partial charge in [0, 0.05) is 49.0 Å². The van der Waals surface area contributed by atoms with Crippen LogP contribution in [-0.2, 0) is 4.79 Å². The van der Waals surface area contributed by atoms with Crippen LogP contribution in [0.3, 0.4) is 0 Å². The molecule has 2 heterocycles. The minimum absolute atomic E-state index is 0.297. The van der Waals surface area contributed by atoms with Gasteiger partial charge in [-0.2, -0.15) is 11.8 Å². The van der Waals surface area contributed by atoms with Gasteiger partial charge in [0.1, 0.15) is 4.32 Å². The molecule has 0 aromatic rings. The van der Waals surface area contributed by atoms with Gasteiger partial charge in [-0.3, -0.25) is 4.79 Å². The van der Waals surface area contributed by atoms with E-state index in [2.05, 4.69) is 4.90 Å². The molecule has 3 aliphatic rings. The lowest BCUT2D eigenvalue weighted by molar-refractivity contribution is -0.125. The fourth-order valence-electron chi connectivity index (χ4n) is 3.15. The highest BCUT2D eigenvalue weighted by Crippen LogP contribution is 2.31. The van der Waals surface area contributed by atoms with Gasteiger partial charge in [0.2, 0.25) is 5.91 Å². The Bertz CT molecular complexity index is 458. The number of rotatable bonds is 3. The molecule has 0 N–H and O–H groups in total. The average molecular weight is 343 g/mol. The molecule has 1 fully saturated rings. The van der Waals surface area contributed by atoms with Crippen molar-refractivity contribution in [2.75, 3.05) is 43.4 Å². The van der Waals surface area contributed by atoms with Crippen molar-refractivity contribution in [3.63, 3.8) is 0 Å². The second kappa shape index (κ2) is 7.38. The van der Waals surface area contributed by atoms with Crippen LogP contribution in [0.5, 0.6) is 0 Å². The van der Waals surface area contributed by atoms with Crippen molar-refractivity contribution < 1.29 is 4.79 Å². The Morgan fingerprint density at radius 3 is 2.76 bits per heavy atom. The number of hydrogen-bond donors (Lipinski definition) is 0. The monoisotopic (exact) mass is 342 g/mol. The van der Waals surface area contributed by atoms with E-state index in [4.69, 9.17) is 12.2 Å². The number of nitrogens with zero attached hydrogens (tertiary/aromatic N) is 2. The molecule has 1 aliphatic carbocycles. The van der Waals surface area contributed by atoms with Gasteiger partial charge in [-0.15, -0.1) is 0 Å². The molecule has 1 saturated heterocycles. The molecule has 3 rings (SSSR count). The van der Waals surface area contributed by atoms with E-state index in [1.165, 1.54) is 29.9 Å². The van der Waals surface area contributed by atoms with Crippen LogP contribution in [0.4, 0.5) is 0 Å². The predicted molar refractivity (Wildman–Crippen MR) is 96.0 cm³/mol. The predicted octanol–water partition coefficient (Wildman–Crippen LogP) is 2.77. The fourth-order valence-corrected chi connectivity index (χ4v) is 5.34. The Morgan fingerprint density at radius 1 is 1.24 bits per heavy atom. The maximum Gasteiger partial charge on any atom is 0.250 e. The van der Waals surface area contributed by atoms with Crippen LogP contribution in [0, 0.1) is 0 Å². The minimum atomic E-state index is 0.297. The van der Waals surface area contributed by atoms with Crippen LogP contribution in [0.1, 0.15) is 25.7 Å². The van der Waals surface area contributed by atoms with Crippen molar-refractivity contribution in [3.05, 3.63) is 11.1 Å². The number of carbonyl (C=O) groups is 1. The smallest absolute Gasteiger partial charge is 0.250 e. The van der Waals surface area contributed by atoms with E-state index >= 15 is 0 Å². The highest BCUT2D eigenvalue weighted by Gasteiger charge is 2.30. The first kappa shape index (κ1) is 15.7. The van der Waals surface area contributed by atoms with Crippen LogP contribution in [0.2, 0.25) is 0 Å². The normalized spacial score (nSPS) is 22.8. The number of hydrogen-bond acceptors (Lipinski definition) is 4. The molecular formula is C15H22N2OS3. The summed E-state index contributed by atoms with van der Waals surface area (Å²) in [6, 6.07) is 0. The van der Waals surface area contributed by atoms with Crippen molar-refractivity contribution >= 4 is 46.0 Å². The van der Waals surface area contributed by atoms with E-state index in [1.807, 2.05) is 16.7 Å². The summed E-state index contributed by atoms with van der Waals surface area (Å²) in [5, 5.41) is 0. The first-order valence-corrected chi connectivity index (χ1v) is 10.3. The molecule has 3 nitrogen and oxygen atoms in total. The molecule has 0 radical (unpaired) electrons. The summed E-state index contributed by atoms with van der Waals surface area (Å²) in [7, 11) is 0. The van der Waals surface area contributed by atoms with Crippen molar-refractivity contribution in [3.8, 4) is 0 Å². The second-order valence-electron chi connectivity index (χ2n) is 5.73. The third-order valence-electron chi connectivity index (χ3n) is 4.37. The summed E-state index contributed by atoms with van der Waals surface area (Å²) in [6.45, 7) is 3.87. The Labute approximate surface area is 140 Å². The maximum absolute atomic E-state index is 12.3. The molecule has 6 heteroatoms. The largest absolute Gasteiger partial charge is 0.356 e. The lowest BCUT2D eigenvalue weighted by Gasteiger charge is -2.28. The Kier molecular flexibility index (Phi) is 5.51. The van der Waals surface area contributed by atoms with Crippen molar-refractivity contribution in [1.29, 1.82) is 0 Å². The molecule has 0 aromatic carbocycles. The molecule has 0 atom stereocenters. The van der Waals surface area contributed by atoms with Gasteiger partial charge >= 0.3 is 0 Å². The first-order valence-electron chi connectivity index (χ1n) is 7.75. The molecule has 0 bridgehead atoms. The Balaban J connectivity index is 1.42. The second-order valence-corrected chi connectivity index (χ2v) is 8.68. The molecule has 0 aromatic heterocycles. The van der Waals surface area contributed by atoms with Gasteiger partial charge in [-0.05, 0) is 31.3 Å². The van der Waals surface area contributed by atoms with Crippen molar-refractivity contribution in [1.82, 2.24) is 9.80 Å². The molecular weight excluding hydrogens is 320 g/mol. The molecule has 0 unspecified atom stereocenters. The zero-order valence-corrected chi connectivity index (χ0v) is 14.8. The fraction of sp³-hybridized carbons (Fsp3) is 0.733. The summed E-state index contributed by atoms with van der Waals surface area (Å²) in [5.74, 6) is 3.59. The van der Waals surface area contributed by atoms with Gasteiger partial charge in [0.05, 0.1) is 0 Å². The third kappa shape index (κ3) is 3.77. The highest BCUT2D eigenvalue weighted by atomic mass is 32.2. The highest BCUT2D eigenvalue weighted by molar-refractivity contribution is 8.22. The van der Waals surface area contributed by atoms with Gasteiger partial charge < -0.3 is 9.80 Å². The van der Waals surface area contributed by atoms with Crippen LogP contribution >= 0.6 is 35.7 Å². The zero-order valence-electron chi connectivity index (χ0n) is 12.3. The SMILES string of the molecule is O=C1C2=C(CCCC2)CN1CCSC(=S)N1CCSCC1. The van der Waals surface area contributed by atoms with Gasteiger partial charge in [0.25, 0.3) is 0 Å².